The molecule has 1 aromatic rings. The molecular weight excluding hydrogens is 226 g/mol. The van der Waals surface area contributed by atoms with Crippen molar-refractivity contribution in [3.05, 3.63) is 18.0 Å². The molecule has 3 heteroatoms. The van der Waals surface area contributed by atoms with Gasteiger partial charge in [-0.25, -0.2) is 0 Å². The van der Waals surface area contributed by atoms with Gasteiger partial charge in [-0.15, -0.1) is 0 Å². The summed E-state index contributed by atoms with van der Waals surface area (Å²) in [5.74, 6) is 1.72. The molecule has 0 unspecified atom stereocenters. The topological polar surface area (TPSA) is 31.4 Å². The van der Waals surface area contributed by atoms with Gasteiger partial charge < -0.3 is 9.47 Å². The second kappa shape index (κ2) is 4.79. The SMILES string of the molecule is CC(C)Oc1cncc(OC2CC2)c1C(C)(C)C. The van der Waals surface area contributed by atoms with E-state index in [-0.39, 0.29) is 11.5 Å². The van der Waals surface area contributed by atoms with Crippen LogP contribution in [0.4, 0.5) is 0 Å². The van der Waals surface area contributed by atoms with Crippen molar-refractivity contribution < 1.29 is 9.47 Å². The molecule has 0 atom stereocenters. The predicted molar refractivity (Wildman–Crippen MR) is 72.4 cm³/mol. The Bertz CT molecular complexity index is 395. The van der Waals surface area contributed by atoms with Gasteiger partial charge in [-0.2, -0.15) is 0 Å². The minimum atomic E-state index is -0.0165. The molecule has 3 nitrogen and oxygen atoms in total. The Kier molecular flexibility index (Phi) is 3.51. The highest BCUT2D eigenvalue weighted by molar-refractivity contribution is 5.46. The molecule has 0 spiro atoms. The highest BCUT2D eigenvalue weighted by Gasteiger charge is 2.30. The van der Waals surface area contributed by atoms with Gasteiger partial charge in [0.05, 0.1) is 24.6 Å². The summed E-state index contributed by atoms with van der Waals surface area (Å²) < 4.78 is 11.8. The molecule has 1 aliphatic rings. The van der Waals surface area contributed by atoms with E-state index in [9.17, 15) is 0 Å². The molecule has 0 saturated heterocycles. The molecule has 0 radical (unpaired) electrons. The van der Waals surface area contributed by atoms with Gasteiger partial charge in [-0.05, 0) is 32.1 Å². The highest BCUT2D eigenvalue weighted by Crippen LogP contribution is 2.40. The first kappa shape index (κ1) is 13.2. The fourth-order valence-corrected chi connectivity index (χ4v) is 1.96. The molecule has 100 valence electrons. The van der Waals surface area contributed by atoms with Crippen molar-refractivity contribution in [1.29, 1.82) is 0 Å². The zero-order valence-electron chi connectivity index (χ0n) is 12.0. The molecule has 2 rings (SSSR count). The molecule has 0 amide bonds. The lowest BCUT2D eigenvalue weighted by molar-refractivity contribution is 0.229. The van der Waals surface area contributed by atoms with E-state index in [4.69, 9.17) is 9.47 Å². The van der Waals surface area contributed by atoms with Crippen LogP contribution in [0, 0.1) is 0 Å². The lowest BCUT2D eigenvalue weighted by Crippen LogP contribution is -2.18. The van der Waals surface area contributed by atoms with Crippen molar-refractivity contribution in [2.24, 2.45) is 0 Å². The van der Waals surface area contributed by atoms with Crippen molar-refractivity contribution in [1.82, 2.24) is 4.98 Å². The van der Waals surface area contributed by atoms with E-state index in [1.165, 1.54) is 0 Å². The van der Waals surface area contributed by atoms with E-state index >= 15 is 0 Å². The zero-order valence-corrected chi connectivity index (χ0v) is 12.0. The second-order valence-electron chi connectivity index (χ2n) is 6.24. The number of hydrogen-bond donors (Lipinski definition) is 0. The van der Waals surface area contributed by atoms with Crippen LogP contribution in [-0.2, 0) is 5.41 Å². The Labute approximate surface area is 110 Å². The third kappa shape index (κ3) is 3.15. The Balaban J connectivity index is 2.38. The van der Waals surface area contributed by atoms with Crippen LogP contribution in [0.1, 0.15) is 53.0 Å². The summed E-state index contributed by atoms with van der Waals surface area (Å²) in [6, 6.07) is 0. The standard InChI is InChI=1S/C15H23NO2/c1-10(2)17-12-8-16-9-13(18-11-6-7-11)14(12)15(3,4)5/h8-11H,6-7H2,1-5H3. The zero-order chi connectivity index (χ0) is 13.3. The summed E-state index contributed by atoms with van der Waals surface area (Å²) in [6.07, 6.45) is 6.43. The molecule has 1 fully saturated rings. The number of pyridine rings is 1. The van der Waals surface area contributed by atoms with Crippen molar-refractivity contribution in [3.8, 4) is 11.5 Å². The van der Waals surface area contributed by atoms with Crippen molar-refractivity contribution in [2.75, 3.05) is 0 Å². The Morgan fingerprint density at radius 1 is 1.17 bits per heavy atom. The Hall–Kier alpha value is -1.25. The van der Waals surface area contributed by atoms with Gasteiger partial charge in [0.15, 0.2) is 0 Å². The monoisotopic (exact) mass is 249 g/mol. The summed E-state index contributed by atoms with van der Waals surface area (Å²) >= 11 is 0. The molecule has 1 aromatic heterocycles. The lowest BCUT2D eigenvalue weighted by Gasteiger charge is -2.26. The average Bonchev–Trinajstić information content (AvgIpc) is 2.98. The van der Waals surface area contributed by atoms with Crippen LogP contribution in [-0.4, -0.2) is 17.2 Å². The molecule has 0 aliphatic heterocycles. The summed E-state index contributed by atoms with van der Waals surface area (Å²) in [4.78, 5) is 4.24. The highest BCUT2D eigenvalue weighted by atomic mass is 16.5. The maximum Gasteiger partial charge on any atom is 0.145 e. The summed E-state index contributed by atoms with van der Waals surface area (Å²) in [5.41, 5.74) is 1.11. The quantitative estimate of drug-likeness (QED) is 0.815. The van der Waals surface area contributed by atoms with Gasteiger partial charge in [0.1, 0.15) is 11.5 Å². The average molecular weight is 249 g/mol. The van der Waals surface area contributed by atoms with Gasteiger partial charge >= 0.3 is 0 Å². The normalized spacial score (nSPS) is 15.9. The van der Waals surface area contributed by atoms with E-state index in [1.807, 2.05) is 20.0 Å². The van der Waals surface area contributed by atoms with Gasteiger partial charge in [-0.3, -0.25) is 4.98 Å². The van der Waals surface area contributed by atoms with E-state index in [0.29, 0.717) is 6.10 Å². The molecule has 0 bridgehead atoms. The van der Waals surface area contributed by atoms with E-state index in [2.05, 4.69) is 25.8 Å². The first-order valence-corrected chi connectivity index (χ1v) is 6.69. The van der Waals surface area contributed by atoms with Crippen molar-refractivity contribution in [3.63, 3.8) is 0 Å². The fourth-order valence-electron chi connectivity index (χ4n) is 1.96. The third-order valence-electron chi connectivity index (χ3n) is 2.81. The van der Waals surface area contributed by atoms with Crippen LogP contribution in [0.2, 0.25) is 0 Å². The van der Waals surface area contributed by atoms with E-state index in [1.54, 1.807) is 6.20 Å². The molecule has 1 heterocycles. The lowest BCUT2D eigenvalue weighted by atomic mass is 9.86. The second-order valence-corrected chi connectivity index (χ2v) is 6.24. The van der Waals surface area contributed by atoms with Crippen LogP contribution < -0.4 is 9.47 Å². The van der Waals surface area contributed by atoms with E-state index < -0.39 is 0 Å². The summed E-state index contributed by atoms with van der Waals surface area (Å²) in [7, 11) is 0. The van der Waals surface area contributed by atoms with Gasteiger partial charge in [0, 0.05) is 5.56 Å². The van der Waals surface area contributed by atoms with Crippen LogP contribution in [0.15, 0.2) is 12.4 Å². The number of hydrogen-bond acceptors (Lipinski definition) is 3. The molecule has 1 saturated carbocycles. The number of rotatable bonds is 4. The Morgan fingerprint density at radius 2 is 1.78 bits per heavy atom. The minimum Gasteiger partial charge on any atom is -0.489 e. The summed E-state index contributed by atoms with van der Waals surface area (Å²) in [5, 5.41) is 0. The smallest absolute Gasteiger partial charge is 0.145 e. The first-order chi connectivity index (χ1) is 8.38. The van der Waals surface area contributed by atoms with Crippen LogP contribution in [0.5, 0.6) is 11.5 Å². The molecule has 0 N–H and O–H groups in total. The third-order valence-corrected chi connectivity index (χ3v) is 2.81. The molecule has 0 aromatic carbocycles. The Morgan fingerprint density at radius 3 is 2.28 bits per heavy atom. The van der Waals surface area contributed by atoms with Gasteiger partial charge in [-0.1, -0.05) is 20.8 Å². The van der Waals surface area contributed by atoms with E-state index in [0.717, 1.165) is 29.9 Å². The van der Waals surface area contributed by atoms with Crippen LogP contribution in [0.3, 0.4) is 0 Å². The molecule has 1 aliphatic carbocycles. The van der Waals surface area contributed by atoms with Crippen molar-refractivity contribution in [2.45, 2.75) is 65.1 Å². The molecular formula is C15H23NO2. The molecule has 18 heavy (non-hydrogen) atoms. The number of nitrogens with zero attached hydrogens (tertiary/aromatic N) is 1. The first-order valence-electron chi connectivity index (χ1n) is 6.69. The fraction of sp³-hybridized carbons (Fsp3) is 0.667. The largest absolute Gasteiger partial charge is 0.489 e. The summed E-state index contributed by atoms with van der Waals surface area (Å²) in [6.45, 7) is 10.6. The number of ether oxygens (including phenoxy) is 2. The van der Waals surface area contributed by atoms with Crippen molar-refractivity contribution >= 4 is 0 Å². The van der Waals surface area contributed by atoms with Gasteiger partial charge in [0.2, 0.25) is 0 Å². The van der Waals surface area contributed by atoms with Crippen LogP contribution >= 0.6 is 0 Å². The number of aromatic nitrogens is 1. The minimum absolute atomic E-state index is 0.0165. The predicted octanol–water partition coefficient (Wildman–Crippen LogP) is 3.71. The maximum atomic E-state index is 5.96. The van der Waals surface area contributed by atoms with Crippen LogP contribution in [0.25, 0.3) is 0 Å². The maximum absolute atomic E-state index is 5.96. The van der Waals surface area contributed by atoms with Gasteiger partial charge in [0.25, 0.3) is 0 Å².